The van der Waals surface area contributed by atoms with Crippen molar-refractivity contribution in [1.29, 1.82) is 0 Å². The van der Waals surface area contributed by atoms with E-state index in [1.165, 1.54) is 0 Å². The van der Waals surface area contributed by atoms with Gasteiger partial charge in [0.05, 0.1) is 0 Å². The molecule has 34 heavy (non-hydrogen) atoms. The summed E-state index contributed by atoms with van der Waals surface area (Å²) in [6.45, 7) is 0. The molecule has 0 radical (unpaired) electrons. The zero-order valence-corrected chi connectivity index (χ0v) is 18.4. The Hall–Kier alpha value is -5.32. The third kappa shape index (κ3) is 5.68. The Bertz CT molecular complexity index is 1600. The summed E-state index contributed by atoms with van der Waals surface area (Å²) in [7, 11) is 0. The fourth-order valence-electron chi connectivity index (χ4n) is 3.15. The normalized spacial score (nSPS) is 9.00. The molecule has 4 aromatic rings. The minimum absolute atomic E-state index is 0.698. The molecule has 0 saturated carbocycles. The summed E-state index contributed by atoms with van der Waals surface area (Å²) < 4.78 is 0. The summed E-state index contributed by atoms with van der Waals surface area (Å²) in [6, 6.07) is 31.1. The van der Waals surface area contributed by atoms with Crippen molar-refractivity contribution in [3.05, 3.63) is 142 Å². The predicted octanol–water partition coefficient (Wildman–Crippen LogP) is 5.85. The van der Waals surface area contributed by atoms with Gasteiger partial charge in [0.15, 0.2) is 0 Å². The zero-order chi connectivity index (χ0) is 23.6. The van der Waals surface area contributed by atoms with Crippen LogP contribution in [0.15, 0.2) is 97.1 Å². The fourth-order valence-corrected chi connectivity index (χ4v) is 3.15. The van der Waals surface area contributed by atoms with E-state index >= 15 is 0 Å². The second-order valence-electron chi connectivity index (χ2n) is 7.29. The van der Waals surface area contributed by atoms with E-state index in [9.17, 15) is 0 Å². The predicted molar refractivity (Wildman–Crippen MR) is 140 cm³/mol. The maximum atomic E-state index is 5.73. The molecule has 0 aromatic heterocycles. The minimum Gasteiger partial charge on any atom is -0.115 e. The molecule has 4 rings (SSSR count). The SMILES string of the molecule is C#Cc1ccccc1C#Cc1ccc(C#Cc2ccc(C#Cc3ccccc3)cc2)cc1C#C. The van der Waals surface area contributed by atoms with Gasteiger partial charge in [-0.05, 0) is 66.7 Å². The molecule has 0 bridgehead atoms. The lowest BCUT2D eigenvalue weighted by Crippen LogP contribution is -1.87. The van der Waals surface area contributed by atoms with E-state index in [0.29, 0.717) is 5.56 Å². The van der Waals surface area contributed by atoms with Gasteiger partial charge in [-0.25, -0.2) is 0 Å². The van der Waals surface area contributed by atoms with Crippen molar-refractivity contribution >= 4 is 0 Å². The maximum Gasteiger partial charge on any atom is 0.0411 e. The van der Waals surface area contributed by atoms with Gasteiger partial charge in [0.1, 0.15) is 0 Å². The lowest BCUT2D eigenvalue weighted by molar-refractivity contribution is 1.54. The van der Waals surface area contributed by atoms with Gasteiger partial charge in [-0.15, -0.1) is 12.8 Å². The summed E-state index contributed by atoms with van der Waals surface area (Å²) in [5.74, 6) is 24.3. The molecule has 154 valence electrons. The minimum atomic E-state index is 0.698. The molecule has 0 saturated heterocycles. The highest BCUT2D eigenvalue weighted by molar-refractivity contribution is 5.58. The van der Waals surface area contributed by atoms with Gasteiger partial charge >= 0.3 is 0 Å². The molecule has 0 fully saturated rings. The van der Waals surface area contributed by atoms with Crippen LogP contribution in [-0.2, 0) is 0 Å². The molecule has 0 nitrogen and oxygen atoms in total. The number of terminal acetylenes is 2. The highest BCUT2D eigenvalue weighted by Crippen LogP contribution is 2.12. The Balaban J connectivity index is 1.51. The second kappa shape index (κ2) is 10.8. The summed E-state index contributed by atoms with van der Waals surface area (Å²) in [5.41, 5.74) is 6.69. The van der Waals surface area contributed by atoms with E-state index in [2.05, 4.69) is 47.4 Å². The molecule has 0 heteroatoms. The van der Waals surface area contributed by atoms with Crippen molar-refractivity contribution in [3.8, 4) is 60.2 Å². The fraction of sp³-hybridized carbons (Fsp3) is 0. The van der Waals surface area contributed by atoms with Crippen LogP contribution in [0.5, 0.6) is 0 Å². The van der Waals surface area contributed by atoms with E-state index in [1.807, 2.05) is 97.1 Å². The largest absolute Gasteiger partial charge is 0.115 e. The van der Waals surface area contributed by atoms with Crippen LogP contribution in [-0.4, -0.2) is 0 Å². The summed E-state index contributed by atoms with van der Waals surface area (Å²) >= 11 is 0. The lowest BCUT2D eigenvalue weighted by atomic mass is 10.0. The highest BCUT2D eigenvalue weighted by atomic mass is 14.0. The van der Waals surface area contributed by atoms with Crippen LogP contribution >= 0.6 is 0 Å². The molecule has 0 N–H and O–H groups in total. The van der Waals surface area contributed by atoms with Crippen LogP contribution in [0.2, 0.25) is 0 Å². The molecule has 0 spiro atoms. The van der Waals surface area contributed by atoms with Gasteiger partial charge in [-0.1, -0.05) is 77.7 Å². The topological polar surface area (TPSA) is 0 Å². The van der Waals surface area contributed by atoms with Crippen LogP contribution in [0, 0.1) is 60.2 Å². The van der Waals surface area contributed by atoms with Crippen LogP contribution in [0.4, 0.5) is 0 Å². The van der Waals surface area contributed by atoms with Crippen LogP contribution in [0.3, 0.4) is 0 Å². The van der Waals surface area contributed by atoms with Crippen molar-refractivity contribution in [3.63, 3.8) is 0 Å². The Morgan fingerprint density at radius 1 is 0.353 bits per heavy atom. The van der Waals surface area contributed by atoms with Crippen LogP contribution in [0.25, 0.3) is 0 Å². The number of benzene rings is 4. The third-order valence-corrected chi connectivity index (χ3v) is 4.95. The van der Waals surface area contributed by atoms with Gasteiger partial charge in [0.25, 0.3) is 0 Å². The monoisotopic (exact) mass is 426 g/mol. The molecule has 0 heterocycles. The quantitative estimate of drug-likeness (QED) is 0.310. The van der Waals surface area contributed by atoms with Crippen molar-refractivity contribution in [2.75, 3.05) is 0 Å². The number of rotatable bonds is 0. The third-order valence-electron chi connectivity index (χ3n) is 4.95. The Morgan fingerprint density at radius 3 is 1.38 bits per heavy atom. The molecular weight excluding hydrogens is 408 g/mol. The van der Waals surface area contributed by atoms with E-state index < -0.39 is 0 Å². The molecule has 0 amide bonds. The second-order valence-corrected chi connectivity index (χ2v) is 7.29. The molecule has 0 aliphatic rings. The van der Waals surface area contributed by atoms with Crippen LogP contribution in [0.1, 0.15) is 44.5 Å². The highest BCUT2D eigenvalue weighted by Gasteiger charge is 2.00. The van der Waals surface area contributed by atoms with E-state index in [1.54, 1.807) is 0 Å². The molecule has 0 aliphatic carbocycles. The Labute approximate surface area is 201 Å². The van der Waals surface area contributed by atoms with Crippen molar-refractivity contribution < 1.29 is 0 Å². The average molecular weight is 427 g/mol. The van der Waals surface area contributed by atoms with Gasteiger partial charge < -0.3 is 0 Å². The summed E-state index contributed by atoms with van der Waals surface area (Å²) in [4.78, 5) is 0. The maximum absolute atomic E-state index is 5.73. The number of hydrogen-bond donors (Lipinski definition) is 0. The van der Waals surface area contributed by atoms with E-state index in [0.717, 1.165) is 38.9 Å². The van der Waals surface area contributed by atoms with Gasteiger partial charge in [-0.2, -0.15) is 0 Å². The van der Waals surface area contributed by atoms with Crippen molar-refractivity contribution in [2.24, 2.45) is 0 Å². The van der Waals surface area contributed by atoms with Gasteiger partial charge in [0, 0.05) is 44.5 Å². The molecule has 0 atom stereocenters. The number of hydrogen-bond acceptors (Lipinski definition) is 0. The first-order valence-corrected chi connectivity index (χ1v) is 10.6. The van der Waals surface area contributed by atoms with Gasteiger partial charge in [0.2, 0.25) is 0 Å². The summed E-state index contributed by atoms with van der Waals surface area (Å²) in [5, 5.41) is 0. The first-order chi connectivity index (χ1) is 16.7. The Morgan fingerprint density at radius 2 is 0.794 bits per heavy atom. The Kier molecular flexibility index (Phi) is 6.97. The molecule has 0 aliphatic heterocycles. The van der Waals surface area contributed by atoms with E-state index in [-0.39, 0.29) is 0 Å². The standard InChI is InChI=1S/C34H18/c1-3-31-12-8-9-13-33(31)24-25-34-23-22-30(26-32(34)4-2)21-20-29-18-16-28(17-19-29)15-14-27-10-6-5-7-11-27/h1-2,5-13,16-19,22-23,26H. The lowest BCUT2D eigenvalue weighted by Gasteiger charge is -1.99. The molecule has 0 unspecified atom stereocenters. The smallest absolute Gasteiger partial charge is 0.0411 e. The average Bonchev–Trinajstić information content (AvgIpc) is 2.91. The van der Waals surface area contributed by atoms with Crippen molar-refractivity contribution in [2.45, 2.75) is 0 Å². The van der Waals surface area contributed by atoms with Crippen molar-refractivity contribution in [1.82, 2.24) is 0 Å². The van der Waals surface area contributed by atoms with E-state index in [4.69, 9.17) is 12.8 Å². The summed E-state index contributed by atoms with van der Waals surface area (Å²) in [6.07, 6.45) is 11.3. The van der Waals surface area contributed by atoms with Crippen LogP contribution < -0.4 is 0 Å². The molecule has 4 aromatic carbocycles. The zero-order valence-electron chi connectivity index (χ0n) is 18.4. The van der Waals surface area contributed by atoms with Gasteiger partial charge in [-0.3, -0.25) is 0 Å². The first kappa shape index (κ1) is 21.9. The first-order valence-electron chi connectivity index (χ1n) is 10.6. The molecular formula is C34H18.